The van der Waals surface area contributed by atoms with Crippen molar-refractivity contribution in [2.24, 2.45) is 5.92 Å². The molecule has 25 heavy (non-hydrogen) atoms. The van der Waals surface area contributed by atoms with Gasteiger partial charge in [-0.25, -0.2) is 0 Å². The van der Waals surface area contributed by atoms with Gasteiger partial charge in [0, 0.05) is 16.7 Å². The van der Waals surface area contributed by atoms with Crippen LogP contribution in [0.25, 0.3) is 0 Å². The Hall–Kier alpha value is -2.78. The first-order chi connectivity index (χ1) is 11.6. The van der Waals surface area contributed by atoms with Crippen molar-refractivity contribution in [2.75, 3.05) is 0 Å². The van der Waals surface area contributed by atoms with Crippen LogP contribution in [0.2, 0.25) is 0 Å². The molecule has 8 nitrogen and oxygen atoms in total. The van der Waals surface area contributed by atoms with Crippen LogP contribution >= 0.6 is 0 Å². The number of ketones is 4. The zero-order chi connectivity index (χ0) is 18.6. The van der Waals surface area contributed by atoms with Crippen LogP contribution in [-0.4, -0.2) is 55.1 Å². The van der Waals surface area contributed by atoms with E-state index < -0.39 is 40.6 Å². The van der Waals surface area contributed by atoms with Gasteiger partial charge in [0.05, 0.1) is 5.92 Å². The maximum atomic E-state index is 12.0. The fourth-order valence-corrected chi connectivity index (χ4v) is 2.81. The number of hydrogen-bond donors (Lipinski definition) is 4. The summed E-state index contributed by atoms with van der Waals surface area (Å²) in [5, 5.41) is 38.4. The van der Waals surface area contributed by atoms with Crippen LogP contribution in [0.5, 0.6) is 0 Å². The Kier molecular flexibility index (Phi) is 3.66. The van der Waals surface area contributed by atoms with Crippen molar-refractivity contribution in [3.8, 4) is 0 Å². The highest BCUT2D eigenvalue weighted by Gasteiger charge is 2.55. The van der Waals surface area contributed by atoms with Gasteiger partial charge in [-0.15, -0.1) is 0 Å². The molecule has 0 radical (unpaired) electrons. The van der Waals surface area contributed by atoms with E-state index in [4.69, 9.17) is 0 Å². The molecule has 2 saturated carbocycles. The minimum atomic E-state index is -3.16. The average Bonchev–Trinajstić information content (AvgIpc) is 2.80. The van der Waals surface area contributed by atoms with Gasteiger partial charge in [-0.3, -0.25) is 19.2 Å². The van der Waals surface area contributed by atoms with Crippen LogP contribution in [0.4, 0.5) is 0 Å². The van der Waals surface area contributed by atoms with Gasteiger partial charge >= 0.3 is 0 Å². The first-order valence-electron chi connectivity index (χ1n) is 7.15. The third-order valence-corrected chi connectivity index (χ3v) is 4.17. The Morgan fingerprint density at radius 3 is 1.80 bits per heavy atom. The van der Waals surface area contributed by atoms with Crippen molar-refractivity contribution in [3.63, 3.8) is 0 Å². The number of Topliss-reactive ketones (excluding diaryl/α,β-unsaturated/α-hetero) is 4. The molecule has 0 heterocycles. The predicted octanol–water partition coefficient (Wildman–Crippen LogP) is -1.83. The van der Waals surface area contributed by atoms with E-state index >= 15 is 0 Å². The molecule has 3 aliphatic rings. The maximum Gasteiger partial charge on any atom is 0.295 e. The molecule has 128 valence electrons. The topological polar surface area (TPSA) is 149 Å². The highest BCUT2D eigenvalue weighted by atomic mass is 16.5. The first kappa shape index (κ1) is 17.1. The molecule has 4 N–H and O–H groups in total. The van der Waals surface area contributed by atoms with E-state index in [1.165, 1.54) is 18.2 Å². The zero-order valence-corrected chi connectivity index (χ0v) is 12.5. The largest absolute Gasteiger partial charge is 0.353 e. The molecule has 0 aromatic carbocycles. The van der Waals surface area contributed by atoms with E-state index in [1.54, 1.807) is 0 Å². The van der Waals surface area contributed by atoms with E-state index in [1.807, 2.05) is 0 Å². The number of rotatable bonds is 0. The molecule has 3 rings (SSSR count). The lowest BCUT2D eigenvalue weighted by molar-refractivity contribution is -0.181. The van der Waals surface area contributed by atoms with Crippen molar-refractivity contribution in [3.05, 3.63) is 59.3 Å². The molecule has 0 aromatic heterocycles. The maximum absolute atomic E-state index is 12.0. The Morgan fingerprint density at radius 1 is 0.680 bits per heavy atom. The molecule has 0 aliphatic heterocycles. The van der Waals surface area contributed by atoms with Crippen molar-refractivity contribution >= 4 is 23.1 Å². The number of carbonyl (C=O) groups is 4. The second-order valence-electron chi connectivity index (χ2n) is 5.73. The molecule has 0 aromatic rings. The summed E-state index contributed by atoms with van der Waals surface area (Å²) in [5.41, 5.74) is -0.685. The molecule has 0 saturated heterocycles. The van der Waals surface area contributed by atoms with Gasteiger partial charge in [-0.05, 0) is 0 Å². The zero-order valence-electron chi connectivity index (χ0n) is 12.5. The number of aliphatic hydroxyl groups is 4. The van der Waals surface area contributed by atoms with Gasteiger partial charge in [0.1, 0.15) is 0 Å². The van der Waals surface area contributed by atoms with E-state index in [0.717, 1.165) is 24.3 Å². The van der Waals surface area contributed by atoms with Gasteiger partial charge in [0.25, 0.3) is 11.6 Å². The summed E-state index contributed by atoms with van der Waals surface area (Å²) in [4.78, 5) is 47.8. The standard InChI is InChI=1S/C17H12O8/c18-12-8-4-1-2-5-9-11(15(21)17(24,25)13(9)19)7-3-6-10(8)14(20)16(12,22)23/h1-7,10,22-25H/b2-1-,6-3?,8-4+,9-5+,11-7+. The fourth-order valence-electron chi connectivity index (χ4n) is 2.81. The minimum Gasteiger partial charge on any atom is -0.353 e. The van der Waals surface area contributed by atoms with Crippen molar-refractivity contribution in [1.82, 2.24) is 0 Å². The second-order valence-corrected chi connectivity index (χ2v) is 5.73. The lowest BCUT2D eigenvalue weighted by Crippen LogP contribution is -2.41. The van der Waals surface area contributed by atoms with Crippen LogP contribution in [0, 0.1) is 5.92 Å². The lowest BCUT2D eigenvalue weighted by atomic mass is 10.00. The summed E-state index contributed by atoms with van der Waals surface area (Å²) >= 11 is 0. The quantitative estimate of drug-likeness (QED) is 0.296. The molecule has 0 amide bonds. The summed E-state index contributed by atoms with van der Waals surface area (Å²) in [6, 6.07) is 0. The smallest absolute Gasteiger partial charge is 0.295 e. The average molecular weight is 344 g/mol. The SMILES string of the molecule is O=C1C2=C\C=CC3C(=O)C(O)(O)C(=O)/C3=C/C=C\C=C/2C(=O)C1(O)O. The molecule has 1 atom stereocenters. The van der Waals surface area contributed by atoms with Gasteiger partial charge in [0.2, 0.25) is 23.1 Å². The number of hydrogen-bond acceptors (Lipinski definition) is 8. The molecule has 0 spiro atoms. The number of carbonyl (C=O) groups excluding carboxylic acids is 4. The number of fused-ring (bicyclic) bond motifs is 2. The monoisotopic (exact) mass is 344 g/mol. The van der Waals surface area contributed by atoms with E-state index in [0.29, 0.717) is 0 Å². The van der Waals surface area contributed by atoms with Crippen LogP contribution < -0.4 is 0 Å². The van der Waals surface area contributed by atoms with E-state index in [-0.39, 0.29) is 16.7 Å². The van der Waals surface area contributed by atoms with Crippen molar-refractivity contribution in [1.29, 1.82) is 0 Å². The molecule has 3 aliphatic carbocycles. The Bertz CT molecular complexity index is 876. The van der Waals surface area contributed by atoms with E-state index in [2.05, 4.69) is 0 Å². The Morgan fingerprint density at radius 2 is 1.20 bits per heavy atom. The third-order valence-electron chi connectivity index (χ3n) is 4.17. The summed E-state index contributed by atoms with van der Waals surface area (Å²) in [6.07, 6.45) is 8.23. The Labute approximate surface area is 140 Å². The third kappa shape index (κ3) is 2.31. The second kappa shape index (κ2) is 5.36. The highest BCUT2D eigenvalue weighted by molar-refractivity contribution is 6.33. The molecule has 2 fully saturated rings. The molecule has 8 heteroatoms. The molecule has 1 unspecified atom stereocenters. The predicted molar refractivity (Wildman–Crippen MR) is 80.4 cm³/mol. The minimum absolute atomic E-state index is 0.164. The lowest BCUT2D eigenvalue weighted by Gasteiger charge is -2.09. The summed E-state index contributed by atoms with van der Waals surface area (Å²) < 4.78 is 0. The highest BCUT2D eigenvalue weighted by Crippen LogP contribution is 2.34. The van der Waals surface area contributed by atoms with Gasteiger partial charge < -0.3 is 20.4 Å². The fraction of sp³-hybridized carbons (Fsp3) is 0.176. The summed E-state index contributed by atoms with van der Waals surface area (Å²) in [7, 11) is 0. The first-order valence-corrected chi connectivity index (χ1v) is 7.15. The van der Waals surface area contributed by atoms with Gasteiger partial charge in [-0.2, -0.15) is 0 Å². The van der Waals surface area contributed by atoms with Crippen LogP contribution in [-0.2, 0) is 19.2 Å². The summed E-state index contributed by atoms with van der Waals surface area (Å²) in [6.45, 7) is 0. The van der Waals surface area contributed by atoms with Crippen molar-refractivity contribution in [2.45, 2.75) is 11.6 Å². The van der Waals surface area contributed by atoms with Crippen LogP contribution in [0.1, 0.15) is 0 Å². The number of allylic oxidation sites excluding steroid dienone is 7. The van der Waals surface area contributed by atoms with Gasteiger partial charge in [0.15, 0.2) is 0 Å². The van der Waals surface area contributed by atoms with Gasteiger partial charge in [-0.1, -0.05) is 42.5 Å². The molecule has 0 bridgehead atoms. The molecular weight excluding hydrogens is 332 g/mol. The van der Waals surface area contributed by atoms with Crippen LogP contribution in [0.15, 0.2) is 59.3 Å². The van der Waals surface area contributed by atoms with E-state index in [9.17, 15) is 39.6 Å². The molecular formula is C17H12O8. The van der Waals surface area contributed by atoms with Crippen molar-refractivity contribution < 1.29 is 39.6 Å². The Balaban J connectivity index is 2.14. The summed E-state index contributed by atoms with van der Waals surface area (Å²) in [5.74, 6) is -12.3. The normalized spacial score (nSPS) is 34.9. The van der Waals surface area contributed by atoms with Crippen LogP contribution in [0.3, 0.4) is 0 Å².